The van der Waals surface area contributed by atoms with Gasteiger partial charge in [-0.2, -0.15) is 0 Å². The summed E-state index contributed by atoms with van der Waals surface area (Å²) < 4.78 is 5.63. The Labute approximate surface area is 156 Å². The molecule has 2 atom stereocenters. The summed E-state index contributed by atoms with van der Waals surface area (Å²) in [5.41, 5.74) is 8.10. The molecular formula is C20H27ClN2O2. The van der Waals surface area contributed by atoms with Crippen molar-refractivity contribution in [3.63, 3.8) is 0 Å². The minimum atomic E-state index is -0.557. The van der Waals surface area contributed by atoms with E-state index in [1.165, 1.54) is 0 Å². The quantitative estimate of drug-likeness (QED) is 0.790. The number of carbonyl (C=O) groups is 1. The number of hydrogen-bond acceptors (Lipinski definition) is 3. The van der Waals surface area contributed by atoms with Crippen LogP contribution in [0.4, 0.5) is 0 Å². The summed E-state index contributed by atoms with van der Waals surface area (Å²) in [7, 11) is 0. The van der Waals surface area contributed by atoms with Crippen LogP contribution in [-0.2, 0) is 11.2 Å². The summed E-state index contributed by atoms with van der Waals surface area (Å²) in [6, 6.07) is 16.9. The van der Waals surface area contributed by atoms with E-state index >= 15 is 0 Å². The number of hydrogen-bond donors (Lipinski definition) is 2. The molecule has 25 heavy (non-hydrogen) atoms. The highest BCUT2D eigenvalue weighted by Crippen LogP contribution is 2.18. The Morgan fingerprint density at radius 3 is 2.20 bits per heavy atom. The van der Waals surface area contributed by atoms with Crippen LogP contribution < -0.4 is 15.8 Å². The molecule has 2 aromatic carbocycles. The number of nitrogens with two attached hydrogens (primary N) is 1. The normalized spacial score (nSPS) is 12.8. The second-order valence-corrected chi connectivity index (χ2v) is 6.26. The number of halogens is 1. The van der Waals surface area contributed by atoms with E-state index in [4.69, 9.17) is 10.5 Å². The van der Waals surface area contributed by atoms with E-state index in [1.54, 1.807) is 0 Å². The van der Waals surface area contributed by atoms with Crippen LogP contribution >= 0.6 is 12.4 Å². The predicted octanol–water partition coefficient (Wildman–Crippen LogP) is 3.64. The molecule has 1 unspecified atom stereocenters. The zero-order valence-electron chi connectivity index (χ0n) is 14.9. The molecule has 5 heteroatoms. The van der Waals surface area contributed by atoms with E-state index in [9.17, 15) is 4.79 Å². The van der Waals surface area contributed by atoms with Crippen LogP contribution in [0.1, 0.15) is 37.9 Å². The van der Waals surface area contributed by atoms with Gasteiger partial charge in [0, 0.05) is 0 Å². The van der Waals surface area contributed by atoms with Crippen molar-refractivity contribution in [2.75, 3.05) is 0 Å². The van der Waals surface area contributed by atoms with Gasteiger partial charge in [0.15, 0.2) is 0 Å². The molecule has 0 saturated carbocycles. The molecule has 0 fully saturated rings. The number of amides is 1. The Hall–Kier alpha value is -2.04. The van der Waals surface area contributed by atoms with E-state index in [1.807, 2.05) is 75.4 Å². The van der Waals surface area contributed by atoms with Gasteiger partial charge in [-0.25, -0.2) is 0 Å². The van der Waals surface area contributed by atoms with Gasteiger partial charge in [-0.1, -0.05) is 42.5 Å². The van der Waals surface area contributed by atoms with Gasteiger partial charge in [0.1, 0.15) is 5.75 Å². The summed E-state index contributed by atoms with van der Waals surface area (Å²) in [6.45, 7) is 5.93. The second-order valence-electron chi connectivity index (χ2n) is 6.26. The summed E-state index contributed by atoms with van der Waals surface area (Å²) in [5, 5.41) is 2.97. The molecule has 0 aliphatic heterocycles. The fourth-order valence-electron chi connectivity index (χ4n) is 2.47. The van der Waals surface area contributed by atoms with Crippen LogP contribution in [0.2, 0.25) is 0 Å². The number of benzene rings is 2. The number of ether oxygens (including phenoxy) is 1. The van der Waals surface area contributed by atoms with Crippen molar-refractivity contribution >= 4 is 18.3 Å². The first kappa shape index (κ1) is 21.0. The molecule has 0 saturated heterocycles. The van der Waals surface area contributed by atoms with Gasteiger partial charge in [0.05, 0.1) is 18.2 Å². The molecule has 0 bridgehead atoms. The SMILES string of the molecule is CC(C)Oc1ccc(C(C)NC(=O)[C@@H](N)Cc2ccccc2)cc1.Cl. The lowest BCUT2D eigenvalue weighted by Crippen LogP contribution is -2.42. The summed E-state index contributed by atoms with van der Waals surface area (Å²) >= 11 is 0. The van der Waals surface area contributed by atoms with Gasteiger partial charge in [0.25, 0.3) is 0 Å². The van der Waals surface area contributed by atoms with Gasteiger partial charge in [-0.05, 0) is 50.5 Å². The predicted molar refractivity (Wildman–Crippen MR) is 104 cm³/mol. The highest BCUT2D eigenvalue weighted by Gasteiger charge is 2.17. The van der Waals surface area contributed by atoms with Crippen LogP contribution in [0.15, 0.2) is 54.6 Å². The van der Waals surface area contributed by atoms with Gasteiger partial charge < -0.3 is 15.8 Å². The number of rotatable bonds is 7. The third-order valence-corrected chi connectivity index (χ3v) is 3.75. The lowest BCUT2D eigenvalue weighted by Gasteiger charge is -2.18. The Kier molecular flexibility index (Phi) is 8.46. The van der Waals surface area contributed by atoms with Crippen molar-refractivity contribution in [1.29, 1.82) is 0 Å². The number of nitrogens with one attached hydrogen (secondary N) is 1. The van der Waals surface area contributed by atoms with E-state index < -0.39 is 6.04 Å². The van der Waals surface area contributed by atoms with Gasteiger partial charge in [0.2, 0.25) is 5.91 Å². The first-order valence-electron chi connectivity index (χ1n) is 8.32. The Morgan fingerprint density at radius 1 is 1.04 bits per heavy atom. The third-order valence-electron chi connectivity index (χ3n) is 3.75. The van der Waals surface area contributed by atoms with Crippen molar-refractivity contribution < 1.29 is 9.53 Å². The topological polar surface area (TPSA) is 64.3 Å². The van der Waals surface area contributed by atoms with Crippen molar-refractivity contribution in [3.05, 3.63) is 65.7 Å². The molecule has 3 N–H and O–H groups in total. The maximum Gasteiger partial charge on any atom is 0.237 e. The minimum Gasteiger partial charge on any atom is -0.491 e. The maximum atomic E-state index is 12.3. The van der Waals surface area contributed by atoms with Crippen LogP contribution in [0, 0.1) is 0 Å². The van der Waals surface area contributed by atoms with Crippen LogP contribution in [0.25, 0.3) is 0 Å². The zero-order valence-corrected chi connectivity index (χ0v) is 15.8. The van der Waals surface area contributed by atoms with Crippen molar-refractivity contribution in [3.8, 4) is 5.75 Å². The first-order chi connectivity index (χ1) is 11.5. The largest absolute Gasteiger partial charge is 0.491 e. The molecule has 4 nitrogen and oxygen atoms in total. The maximum absolute atomic E-state index is 12.3. The molecule has 2 rings (SSSR count). The average molecular weight is 363 g/mol. The number of carbonyl (C=O) groups excluding carboxylic acids is 1. The van der Waals surface area contributed by atoms with Crippen LogP contribution in [0.3, 0.4) is 0 Å². The zero-order chi connectivity index (χ0) is 17.5. The molecule has 136 valence electrons. The minimum absolute atomic E-state index is 0. The van der Waals surface area contributed by atoms with E-state index in [2.05, 4.69) is 5.32 Å². The Balaban J connectivity index is 0.00000312. The molecule has 2 aromatic rings. The third kappa shape index (κ3) is 6.77. The monoisotopic (exact) mass is 362 g/mol. The average Bonchev–Trinajstić information content (AvgIpc) is 2.55. The van der Waals surface area contributed by atoms with E-state index in [0.717, 1.165) is 16.9 Å². The van der Waals surface area contributed by atoms with Crippen molar-refractivity contribution in [2.45, 2.75) is 45.4 Å². The van der Waals surface area contributed by atoms with Gasteiger partial charge in [-0.15, -0.1) is 12.4 Å². The smallest absolute Gasteiger partial charge is 0.237 e. The molecule has 1 amide bonds. The lowest BCUT2D eigenvalue weighted by molar-refractivity contribution is -0.123. The fourth-order valence-corrected chi connectivity index (χ4v) is 2.47. The standard InChI is InChI=1S/C20H26N2O2.ClH/c1-14(2)24-18-11-9-17(10-12-18)15(3)22-20(23)19(21)13-16-7-5-4-6-8-16;/h4-12,14-15,19H,13,21H2,1-3H3,(H,22,23);1H/t15?,19-;/m0./s1. The molecule has 0 heterocycles. The highest BCUT2D eigenvalue weighted by atomic mass is 35.5. The summed E-state index contributed by atoms with van der Waals surface area (Å²) in [4.78, 5) is 12.3. The van der Waals surface area contributed by atoms with Crippen molar-refractivity contribution in [1.82, 2.24) is 5.32 Å². The molecule has 0 aromatic heterocycles. The molecular weight excluding hydrogens is 336 g/mol. The molecule has 0 aliphatic carbocycles. The summed E-state index contributed by atoms with van der Waals surface area (Å²) in [6.07, 6.45) is 0.671. The molecule has 0 radical (unpaired) electrons. The van der Waals surface area contributed by atoms with Crippen LogP contribution in [-0.4, -0.2) is 18.1 Å². The summed E-state index contributed by atoms with van der Waals surface area (Å²) in [5.74, 6) is 0.682. The van der Waals surface area contributed by atoms with Crippen LogP contribution in [0.5, 0.6) is 5.75 Å². The first-order valence-corrected chi connectivity index (χ1v) is 8.32. The van der Waals surface area contributed by atoms with Gasteiger partial charge >= 0.3 is 0 Å². The molecule has 0 aliphatic rings. The van der Waals surface area contributed by atoms with E-state index in [-0.39, 0.29) is 30.5 Å². The van der Waals surface area contributed by atoms with E-state index in [0.29, 0.717) is 6.42 Å². The second kappa shape index (κ2) is 10.1. The highest BCUT2D eigenvalue weighted by molar-refractivity contribution is 5.85. The molecule has 0 spiro atoms. The van der Waals surface area contributed by atoms with Crippen molar-refractivity contribution in [2.24, 2.45) is 5.73 Å². The van der Waals surface area contributed by atoms with Gasteiger partial charge in [-0.3, -0.25) is 4.79 Å². The fraction of sp³-hybridized carbons (Fsp3) is 0.350. The Morgan fingerprint density at radius 2 is 1.64 bits per heavy atom. The lowest BCUT2D eigenvalue weighted by atomic mass is 10.0. The Bertz CT molecular complexity index is 645.